The summed E-state index contributed by atoms with van der Waals surface area (Å²) in [5.41, 5.74) is 0. The van der Waals surface area contributed by atoms with Gasteiger partial charge >= 0.3 is 7.12 Å². The van der Waals surface area contributed by atoms with Crippen molar-refractivity contribution in [2.45, 2.75) is 44.8 Å². The number of unbranched alkanes of at least 4 members (excludes halogenated alkanes) is 1. The van der Waals surface area contributed by atoms with Crippen molar-refractivity contribution in [2.75, 3.05) is 13.2 Å². The predicted molar refractivity (Wildman–Crippen MR) is 53.7 cm³/mol. The zero-order valence-corrected chi connectivity index (χ0v) is 8.50. The van der Waals surface area contributed by atoms with Gasteiger partial charge in [0.2, 0.25) is 0 Å². The molecule has 2 rings (SSSR count). The van der Waals surface area contributed by atoms with E-state index in [1.54, 1.807) is 0 Å². The molecule has 3 heteroatoms. The lowest BCUT2D eigenvalue weighted by atomic mass is 9.79. The maximum Gasteiger partial charge on any atom is 0.460 e. The normalized spacial score (nSPS) is 33.5. The quantitative estimate of drug-likeness (QED) is 0.622. The van der Waals surface area contributed by atoms with Crippen molar-refractivity contribution in [3.8, 4) is 0 Å². The van der Waals surface area contributed by atoms with Crippen LogP contribution in [0.1, 0.15) is 39.0 Å². The molecule has 0 bridgehead atoms. The van der Waals surface area contributed by atoms with Gasteiger partial charge in [-0.05, 0) is 24.6 Å². The van der Waals surface area contributed by atoms with Gasteiger partial charge in [-0.15, -0.1) is 0 Å². The van der Waals surface area contributed by atoms with Gasteiger partial charge in [-0.3, -0.25) is 0 Å². The van der Waals surface area contributed by atoms with Gasteiger partial charge in [0.05, 0.1) is 0 Å². The zero-order chi connectivity index (χ0) is 9.10. The molecule has 0 N–H and O–H groups in total. The summed E-state index contributed by atoms with van der Waals surface area (Å²) < 4.78 is 11.2. The van der Waals surface area contributed by atoms with Crippen molar-refractivity contribution < 1.29 is 9.31 Å². The van der Waals surface area contributed by atoms with Crippen LogP contribution in [0.25, 0.3) is 0 Å². The van der Waals surface area contributed by atoms with Crippen LogP contribution in [0, 0.1) is 5.92 Å². The van der Waals surface area contributed by atoms with E-state index >= 15 is 0 Å². The Balaban J connectivity index is 1.66. The van der Waals surface area contributed by atoms with E-state index in [2.05, 4.69) is 6.92 Å². The first-order chi connectivity index (χ1) is 6.42. The first-order valence-electron chi connectivity index (χ1n) is 5.65. The van der Waals surface area contributed by atoms with Crippen molar-refractivity contribution in [2.24, 2.45) is 5.92 Å². The highest BCUT2D eigenvalue weighted by molar-refractivity contribution is 6.47. The molecule has 2 aliphatic rings. The average molecular weight is 182 g/mol. The van der Waals surface area contributed by atoms with Gasteiger partial charge < -0.3 is 9.31 Å². The molecule has 1 aliphatic carbocycles. The van der Waals surface area contributed by atoms with E-state index in [1.165, 1.54) is 25.7 Å². The van der Waals surface area contributed by atoms with E-state index in [4.69, 9.17) is 9.31 Å². The van der Waals surface area contributed by atoms with Gasteiger partial charge in [-0.25, -0.2) is 0 Å². The minimum atomic E-state index is 0.149. The molecule has 0 amide bonds. The molecule has 13 heavy (non-hydrogen) atoms. The molecule has 74 valence electrons. The Morgan fingerprint density at radius 2 is 2.08 bits per heavy atom. The molecule has 0 radical (unpaired) electrons. The van der Waals surface area contributed by atoms with E-state index in [1.807, 2.05) is 0 Å². The van der Waals surface area contributed by atoms with Gasteiger partial charge in [0.1, 0.15) is 0 Å². The Labute approximate surface area is 81.1 Å². The summed E-state index contributed by atoms with van der Waals surface area (Å²) >= 11 is 0. The third kappa shape index (κ3) is 2.47. The molecule has 2 atom stereocenters. The third-order valence-corrected chi connectivity index (χ3v) is 3.11. The molecular formula is C10H19BO2. The highest BCUT2D eigenvalue weighted by Crippen LogP contribution is 2.50. The van der Waals surface area contributed by atoms with Crippen molar-refractivity contribution in [3.63, 3.8) is 0 Å². The Bertz CT molecular complexity index is 157. The summed E-state index contributed by atoms with van der Waals surface area (Å²) in [6.07, 6.45) is 6.47. The molecule has 0 spiro atoms. The van der Waals surface area contributed by atoms with Gasteiger partial charge in [-0.2, -0.15) is 0 Å². The topological polar surface area (TPSA) is 18.5 Å². The van der Waals surface area contributed by atoms with Crippen LogP contribution in [0.4, 0.5) is 0 Å². The maximum atomic E-state index is 5.59. The lowest BCUT2D eigenvalue weighted by Gasteiger charge is -2.19. The van der Waals surface area contributed by atoms with Crippen LogP contribution in [-0.4, -0.2) is 20.3 Å². The summed E-state index contributed by atoms with van der Waals surface area (Å²) in [6.45, 7) is 4.06. The van der Waals surface area contributed by atoms with Crippen molar-refractivity contribution in [1.29, 1.82) is 0 Å². The van der Waals surface area contributed by atoms with Crippen LogP contribution < -0.4 is 0 Å². The zero-order valence-electron chi connectivity index (χ0n) is 8.50. The predicted octanol–water partition coefficient (Wildman–Crippen LogP) is 2.49. The van der Waals surface area contributed by atoms with Gasteiger partial charge in [0.15, 0.2) is 0 Å². The van der Waals surface area contributed by atoms with Crippen LogP contribution in [0.3, 0.4) is 0 Å². The highest BCUT2D eigenvalue weighted by atomic mass is 16.6. The standard InChI is InChI=1S/C10H19BO2/c1-2-3-5-9-8-10(9)11-12-6-4-7-13-11/h9-10H,2-8H2,1H3. The highest BCUT2D eigenvalue weighted by Gasteiger charge is 2.48. The van der Waals surface area contributed by atoms with E-state index in [0.29, 0.717) is 0 Å². The van der Waals surface area contributed by atoms with Gasteiger partial charge in [-0.1, -0.05) is 26.2 Å². The second-order valence-electron chi connectivity index (χ2n) is 4.27. The van der Waals surface area contributed by atoms with Crippen LogP contribution >= 0.6 is 0 Å². The first kappa shape index (κ1) is 9.54. The molecule has 0 aromatic rings. The molecular weight excluding hydrogens is 163 g/mol. The van der Waals surface area contributed by atoms with E-state index in [-0.39, 0.29) is 7.12 Å². The molecule has 2 fully saturated rings. The summed E-state index contributed by atoms with van der Waals surface area (Å²) in [5.74, 6) is 1.63. The third-order valence-electron chi connectivity index (χ3n) is 3.11. The molecule has 1 aliphatic heterocycles. The fourth-order valence-corrected chi connectivity index (χ4v) is 2.16. The SMILES string of the molecule is CCCCC1CC1B1OCCCO1. The Hall–Kier alpha value is -0.0151. The molecule has 1 saturated heterocycles. The number of hydrogen-bond acceptors (Lipinski definition) is 2. The summed E-state index contributed by atoms with van der Waals surface area (Å²) in [4.78, 5) is 0. The van der Waals surface area contributed by atoms with Gasteiger partial charge in [0, 0.05) is 13.2 Å². The van der Waals surface area contributed by atoms with Crippen molar-refractivity contribution in [1.82, 2.24) is 0 Å². The molecule has 1 saturated carbocycles. The lowest BCUT2D eigenvalue weighted by Crippen LogP contribution is -2.30. The molecule has 2 unspecified atom stereocenters. The fraction of sp³-hybridized carbons (Fsp3) is 1.00. The average Bonchev–Trinajstić information content (AvgIpc) is 2.95. The van der Waals surface area contributed by atoms with E-state index in [0.717, 1.165) is 31.4 Å². The Kier molecular flexibility index (Phi) is 3.28. The Morgan fingerprint density at radius 3 is 2.77 bits per heavy atom. The van der Waals surface area contributed by atoms with Gasteiger partial charge in [0.25, 0.3) is 0 Å². The van der Waals surface area contributed by atoms with Crippen LogP contribution in [0.2, 0.25) is 5.82 Å². The fourth-order valence-electron chi connectivity index (χ4n) is 2.16. The first-order valence-corrected chi connectivity index (χ1v) is 5.65. The molecule has 0 aromatic carbocycles. The number of hydrogen-bond donors (Lipinski definition) is 0. The molecule has 2 nitrogen and oxygen atoms in total. The van der Waals surface area contributed by atoms with Crippen LogP contribution in [0.15, 0.2) is 0 Å². The lowest BCUT2D eigenvalue weighted by molar-refractivity contribution is 0.132. The van der Waals surface area contributed by atoms with Crippen LogP contribution in [-0.2, 0) is 9.31 Å². The smallest absolute Gasteiger partial charge is 0.411 e. The van der Waals surface area contributed by atoms with E-state index < -0.39 is 0 Å². The van der Waals surface area contributed by atoms with E-state index in [9.17, 15) is 0 Å². The maximum absolute atomic E-state index is 5.59. The second-order valence-corrected chi connectivity index (χ2v) is 4.27. The second kappa shape index (κ2) is 4.47. The largest absolute Gasteiger partial charge is 0.460 e. The summed E-state index contributed by atoms with van der Waals surface area (Å²) in [5, 5.41) is 0. The Morgan fingerprint density at radius 1 is 1.31 bits per heavy atom. The summed E-state index contributed by atoms with van der Waals surface area (Å²) in [7, 11) is 0.149. The van der Waals surface area contributed by atoms with Crippen molar-refractivity contribution >= 4 is 7.12 Å². The molecule has 0 aromatic heterocycles. The monoisotopic (exact) mass is 182 g/mol. The minimum Gasteiger partial charge on any atom is -0.411 e. The molecule has 1 heterocycles. The van der Waals surface area contributed by atoms with Crippen LogP contribution in [0.5, 0.6) is 0 Å². The minimum absolute atomic E-state index is 0.149. The van der Waals surface area contributed by atoms with Crippen molar-refractivity contribution in [3.05, 3.63) is 0 Å². The summed E-state index contributed by atoms with van der Waals surface area (Å²) in [6, 6.07) is 0. The number of rotatable bonds is 4.